The maximum atomic E-state index is 12.3. The van der Waals surface area contributed by atoms with Crippen molar-refractivity contribution in [3.63, 3.8) is 0 Å². The number of carbonyl (C=O) groups excluding carboxylic acids is 1. The summed E-state index contributed by atoms with van der Waals surface area (Å²) in [5, 5.41) is 3.23. The van der Waals surface area contributed by atoms with Crippen LogP contribution >= 0.6 is 0 Å². The Kier molecular flexibility index (Phi) is 3.19. The van der Waals surface area contributed by atoms with E-state index in [1.807, 2.05) is 16.8 Å². The number of hydrogen-bond donors (Lipinski definition) is 1. The van der Waals surface area contributed by atoms with Crippen LogP contribution in [0.5, 0.6) is 0 Å². The van der Waals surface area contributed by atoms with E-state index in [9.17, 15) is 4.79 Å². The number of urea groups is 1. The van der Waals surface area contributed by atoms with E-state index in [1.54, 1.807) is 0 Å². The van der Waals surface area contributed by atoms with E-state index in [0.717, 1.165) is 26.1 Å². The third-order valence-electron chi connectivity index (χ3n) is 4.36. The summed E-state index contributed by atoms with van der Waals surface area (Å²) >= 11 is 0. The van der Waals surface area contributed by atoms with Crippen LogP contribution in [0.4, 0.5) is 4.79 Å². The molecule has 2 fully saturated rings. The van der Waals surface area contributed by atoms with Crippen molar-refractivity contribution in [2.75, 3.05) is 26.7 Å². The zero-order chi connectivity index (χ0) is 13.4. The van der Waals surface area contributed by atoms with Crippen LogP contribution in [0.1, 0.15) is 24.1 Å². The lowest BCUT2D eigenvalue weighted by molar-refractivity contribution is 0.162. The Morgan fingerprint density at radius 3 is 2.47 bits per heavy atom. The molecule has 2 aliphatic rings. The quantitative estimate of drug-likeness (QED) is 0.895. The van der Waals surface area contributed by atoms with Gasteiger partial charge in [-0.15, -0.1) is 0 Å². The second kappa shape index (κ2) is 4.85. The smallest absolute Gasteiger partial charge is 0.319 e. The third-order valence-corrected chi connectivity index (χ3v) is 4.36. The molecule has 2 aliphatic heterocycles. The number of carbonyl (C=O) groups is 1. The van der Waals surface area contributed by atoms with Crippen LogP contribution in [-0.2, 0) is 6.42 Å². The molecule has 102 valence electrons. The van der Waals surface area contributed by atoms with Gasteiger partial charge in [0.05, 0.1) is 12.1 Å². The molecule has 3 rings (SSSR count). The lowest BCUT2D eigenvalue weighted by Crippen LogP contribution is -2.57. The molecule has 0 spiro atoms. The van der Waals surface area contributed by atoms with Gasteiger partial charge < -0.3 is 15.1 Å². The Bertz CT molecular complexity index is 467. The van der Waals surface area contributed by atoms with E-state index in [4.69, 9.17) is 0 Å². The van der Waals surface area contributed by atoms with Crippen molar-refractivity contribution in [1.29, 1.82) is 0 Å². The predicted octanol–water partition coefficient (Wildman–Crippen LogP) is 1.63. The number of aryl methyl sites for hydroxylation is 1. The summed E-state index contributed by atoms with van der Waals surface area (Å²) in [6.45, 7) is 4.83. The van der Waals surface area contributed by atoms with Gasteiger partial charge in [-0.2, -0.15) is 0 Å². The zero-order valence-electron chi connectivity index (χ0n) is 11.6. The highest BCUT2D eigenvalue weighted by atomic mass is 16.2. The number of nitrogens with zero attached hydrogens (tertiary/aromatic N) is 2. The Hall–Kier alpha value is -1.55. The SMILES string of the molecule is CCc1ccc(C2CN(C3CNC3)C(=O)N2C)cc1. The molecule has 1 N–H and O–H groups in total. The first-order valence-corrected chi connectivity index (χ1v) is 7.03. The molecule has 1 aromatic rings. The molecule has 1 atom stereocenters. The van der Waals surface area contributed by atoms with E-state index in [-0.39, 0.29) is 12.1 Å². The molecule has 2 heterocycles. The lowest BCUT2D eigenvalue weighted by Gasteiger charge is -2.34. The molecular formula is C15H21N3O. The van der Waals surface area contributed by atoms with E-state index < -0.39 is 0 Å². The summed E-state index contributed by atoms with van der Waals surface area (Å²) in [5.74, 6) is 0. The van der Waals surface area contributed by atoms with Crippen LogP contribution < -0.4 is 5.32 Å². The van der Waals surface area contributed by atoms with Crippen molar-refractivity contribution in [1.82, 2.24) is 15.1 Å². The highest BCUT2D eigenvalue weighted by molar-refractivity contribution is 5.77. The van der Waals surface area contributed by atoms with Gasteiger partial charge in [-0.05, 0) is 17.5 Å². The highest BCUT2D eigenvalue weighted by Crippen LogP contribution is 2.30. The summed E-state index contributed by atoms with van der Waals surface area (Å²) in [4.78, 5) is 16.2. The van der Waals surface area contributed by atoms with Gasteiger partial charge in [-0.3, -0.25) is 0 Å². The number of likely N-dealkylation sites (N-methyl/N-ethyl adjacent to an activating group) is 1. The summed E-state index contributed by atoms with van der Waals surface area (Å²) in [7, 11) is 1.91. The van der Waals surface area contributed by atoms with Crippen LogP contribution in [-0.4, -0.2) is 48.6 Å². The Balaban J connectivity index is 1.78. The second-order valence-corrected chi connectivity index (χ2v) is 5.47. The molecule has 19 heavy (non-hydrogen) atoms. The monoisotopic (exact) mass is 259 g/mol. The average Bonchev–Trinajstić information content (AvgIpc) is 2.66. The molecule has 4 heteroatoms. The molecule has 2 saturated heterocycles. The van der Waals surface area contributed by atoms with E-state index in [1.165, 1.54) is 11.1 Å². The van der Waals surface area contributed by atoms with Gasteiger partial charge in [-0.1, -0.05) is 31.2 Å². The van der Waals surface area contributed by atoms with Crippen molar-refractivity contribution in [2.24, 2.45) is 0 Å². The van der Waals surface area contributed by atoms with Gasteiger partial charge in [0.2, 0.25) is 0 Å². The van der Waals surface area contributed by atoms with Gasteiger partial charge >= 0.3 is 6.03 Å². The Morgan fingerprint density at radius 1 is 1.26 bits per heavy atom. The summed E-state index contributed by atoms with van der Waals surface area (Å²) < 4.78 is 0. The summed E-state index contributed by atoms with van der Waals surface area (Å²) in [6.07, 6.45) is 1.06. The fourth-order valence-corrected chi connectivity index (χ4v) is 2.83. The standard InChI is InChI=1S/C15H21N3O/c1-3-11-4-6-12(7-5-11)14-10-18(13-8-16-9-13)15(19)17(14)2/h4-7,13-14,16H,3,8-10H2,1-2H3. The van der Waals surface area contributed by atoms with Gasteiger partial charge in [0, 0.05) is 26.7 Å². The van der Waals surface area contributed by atoms with Gasteiger partial charge in [0.15, 0.2) is 0 Å². The second-order valence-electron chi connectivity index (χ2n) is 5.47. The minimum Gasteiger partial charge on any atom is -0.319 e. The van der Waals surface area contributed by atoms with Crippen molar-refractivity contribution >= 4 is 6.03 Å². The molecule has 1 aromatic carbocycles. The van der Waals surface area contributed by atoms with E-state index in [2.05, 4.69) is 36.5 Å². The van der Waals surface area contributed by atoms with Gasteiger partial charge in [0.25, 0.3) is 0 Å². The predicted molar refractivity (Wildman–Crippen MR) is 75.1 cm³/mol. The van der Waals surface area contributed by atoms with E-state index >= 15 is 0 Å². The first kappa shape index (κ1) is 12.5. The lowest BCUT2D eigenvalue weighted by atomic mass is 10.0. The van der Waals surface area contributed by atoms with Crippen LogP contribution in [0.3, 0.4) is 0 Å². The molecule has 0 saturated carbocycles. The van der Waals surface area contributed by atoms with Crippen molar-refractivity contribution in [2.45, 2.75) is 25.4 Å². The maximum absolute atomic E-state index is 12.3. The number of rotatable bonds is 3. The van der Waals surface area contributed by atoms with Gasteiger partial charge in [-0.25, -0.2) is 4.79 Å². The number of hydrogen-bond acceptors (Lipinski definition) is 2. The van der Waals surface area contributed by atoms with Crippen LogP contribution in [0.15, 0.2) is 24.3 Å². The molecule has 0 aromatic heterocycles. The van der Waals surface area contributed by atoms with Crippen LogP contribution in [0, 0.1) is 0 Å². The molecule has 0 bridgehead atoms. The molecule has 0 radical (unpaired) electrons. The normalized spacial score (nSPS) is 23.9. The van der Waals surface area contributed by atoms with E-state index in [0.29, 0.717) is 6.04 Å². The summed E-state index contributed by atoms with van der Waals surface area (Å²) in [5.41, 5.74) is 2.58. The van der Waals surface area contributed by atoms with Gasteiger partial charge in [0.1, 0.15) is 0 Å². The third kappa shape index (κ3) is 2.10. The Morgan fingerprint density at radius 2 is 1.95 bits per heavy atom. The maximum Gasteiger partial charge on any atom is 0.320 e. The van der Waals surface area contributed by atoms with Crippen LogP contribution in [0.2, 0.25) is 0 Å². The summed E-state index contributed by atoms with van der Waals surface area (Å²) in [6, 6.07) is 9.40. The topological polar surface area (TPSA) is 35.6 Å². The number of nitrogens with one attached hydrogen (secondary N) is 1. The largest absolute Gasteiger partial charge is 0.320 e. The van der Waals surface area contributed by atoms with Crippen molar-refractivity contribution < 1.29 is 4.79 Å². The molecule has 4 nitrogen and oxygen atoms in total. The Labute approximate surface area is 114 Å². The number of benzene rings is 1. The van der Waals surface area contributed by atoms with Crippen LogP contribution in [0.25, 0.3) is 0 Å². The highest BCUT2D eigenvalue weighted by Gasteiger charge is 2.40. The minimum absolute atomic E-state index is 0.163. The number of amides is 2. The molecule has 2 amide bonds. The molecule has 0 aliphatic carbocycles. The minimum atomic E-state index is 0.163. The fraction of sp³-hybridized carbons (Fsp3) is 0.533. The van der Waals surface area contributed by atoms with Crippen molar-refractivity contribution in [3.8, 4) is 0 Å². The first-order valence-electron chi connectivity index (χ1n) is 7.03. The fourth-order valence-electron chi connectivity index (χ4n) is 2.83. The molecule has 1 unspecified atom stereocenters. The average molecular weight is 259 g/mol. The zero-order valence-corrected chi connectivity index (χ0v) is 11.6. The first-order chi connectivity index (χ1) is 9.20. The van der Waals surface area contributed by atoms with Crippen molar-refractivity contribution in [3.05, 3.63) is 35.4 Å². The molecular weight excluding hydrogens is 238 g/mol.